The first kappa shape index (κ1) is 12.8. The highest BCUT2D eigenvalue weighted by Gasteiger charge is 2.31. The molecule has 2 unspecified atom stereocenters. The number of likely N-dealkylation sites (tertiary alicyclic amines) is 1. The zero-order valence-electron chi connectivity index (χ0n) is 10.3. The summed E-state index contributed by atoms with van der Waals surface area (Å²) in [7, 11) is 0. The Morgan fingerprint density at radius 3 is 2.83 bits per heavy atom. The van der Waals surface area contributed by atoms with E-state index in [4.69, 9.17) is 5.73 Å². The lowest BCUT2D eigenvalue weighted by Crippen LogP contribution is -2.47. The molecule has 0 aromatic heterocycles. The Morgan fingerprint density at radius 1 is 1.44 bits per heavy atom. The first-order valence-electron chi connectivity index (χ1n) is 6.27. The number of aldehydes is 1. The second-order valence-corrected chi connectivity index (χ2v) is 4.67. The van der Waals surface area contributed by atoms with Gasteiger partial charge in [-0.1, -0.05) is 30.3 Å². The Hall–Kier alpha value is -1.68. The molecule has 1 aromatic carbocycles. The van der Waals surface area contributed by atoms with Gasteiger partial charge in [-0.3, -0.25) is 4.79 Å². The summed E-state index contributed by atoms with van der Waals surface area (Å²) in [5.74, 6) is -0.117. The number of hydrogen-bond donors (Lipinski definition) is 1. The fourth-order valence-electron chi connectivity index (χ4n) is 2.38. The van der Waals surface area contributed by atoms with Crippen molar-refractivity contribution in [3.8, 4) is 0 Å². The Bertz CT molecular complexity index is 419. The average Bonchev–Trinajstić information content (AvgIpc) is 2.87. The monoisotopic (exact) mass is 246 g/mol. The van der Waals surface area contributed by atoms with Crippen molar-refractivity contribution in [3.63, 3.8) is 0 Å². The number of carbonyl (C=O) groups excluding carboxylic acids is 2. The number of amides is 1. The Kier molecular flexibility index (Phi) is 4.10. The molecule has 0 saturated carbocycles. The molecule has 1 saturated heterocycles. The molecule has 2 rings (SSSR count). The van der Waals surface area contributed by atoms with Gasteiger partial charge in [-0.15, -0.1) is 0 Å². The van der Waals surface area contributed by atoms with Crippen molar-refractivity contribution in [2.75, 3.05) is 6.54 Å². The maximum absolute atomic E-state index is 12.2. The van der Waals surface area contributed by atoms with E-state index in [-0.39, 0.29) is 11.9 Å². The van der Waals surface area contributed by atoms with Gasteiger partial charge in [0.2, 0.25) is 5.91 Å². The predicted molar refractivity (Wildman–Crippen MR) is 68.9 cm³/mol. The quantitative estimate of drug-likeness (QED) is 0.797. The van der Waals surface area contributed by atoms with Crippen LogP contribution < -0.4 is 5.73 Å². The molecule has 1 amide bonds. The Morgan fingerprint density at radius 2 is 2.17 bits per heavy atom. The molecule has 2 atom stereocenters. The van der Waals surface area contributed by atoms with E-state index < -0.39 is 6.04 Å². The van der Waals surface area contributed by atoms with Gasteiger partial charge in [0, 0.05) is 6.54 Å². The molecule has 1 aliphatic rings. The Labute approximate surface area is 107 Å². The van der Waals surface area contributed by atoms with Gasteiger partial charge in [-0.2, -0.15) is 0 Å². The molecule has 4 heteroatoms. The summed E-state index contributed by atoms with van der Waals surface area (Å²) in [5.41, 5.74) is 6.98. The molecule has 0 aliphatic carbocycles. The SMILES string of the molecule is NC(Cc1ccccc1)C(=O)N1CCCC1C=O. The number of nitrogens with two attached hydrogens (primary N) is 1. The number of hydrogen-bond acceptors (Lipinski definition) is 3. The van der Waals surface area contributed by atoms with E-state index >= 15 is 0 Å². The van der Waals surface area contributed by atoms with Gasteiger partial charge in [0.05, 0.1) is 12.1 Å². The minimum atomic E-state index is -0.562. The van der Waals surface area contributed by atoms with E-state index in [0.29, 0.717) is 13.0 Å². The van der Waals surface area contributed by atoms with Crippen LogP contribution >= 0.6 is 0 Å². The summed E-state index contributed by atoms with van der Waals surface area (Å²) in [5, 5.41) is 0. The molecule has 1 fully saturated rings. The van der Waals surface area contributed by atoms with Crippen LogP contribution in [0, 0.1) is 0 Å². The van der Waals surface area contributed by atoms with Gasteiger partial charge in [-0.25, -0.2) is 0 Å². The topological polar surface area (TPSA) is 63.4 Å². The van der Waals surface area contributed by atoms with Crippen LogP contribution in [-0.4, -0.2) is 35.7 Å². The second-order valence-electron chi connectivity index (χ2n) is 4.67. The van der Waals surface area contributed by atoms with Crippen molar-refractivity contribution in [2.24, 2.45) is 5.73 Å². The van der Waals surface area contributed by atoms with Gasteiger partial charge < -0.3 is 15.4 Å². The predicted octanol–water partition coefficient (Wildman–Crippen LogP) is 0.746. The molecule has 96 valence electrons. The van der Waals surface area contributed by atoms with Gasteiger partial charge in [0.1, 0.15) is 6.29 Å². The normalized spacial score (nSPS) is 20.7. The van der Waals surface area contributed by atoms with Crippen LogP contribution in [0.25, 0.3) is 0 Å². The lowest BCUT2D eigenvalue weighted by atomic mass is 10.1. The average molecular weight is 246 g/mol. The van der Waals surface area contributed by atoms with E-state index in [0.717, 1.165) is 24.7 Å². The fourth-order valence-corrected chi connectivity index (χ4v) is 2.38. The molecule has 0 radical (unpaired) electrons. The molecule has 1 aromatic rings. The molecule has 0 spiro atoms. The van der Waals surface area contributed by atoms with Crippen LogP contribution in [-0.2, 0) is 16.0 Å². The van der Waals surface area contributed by atoms with Gasteiger partial charge in [-0.05, 0) is 24.8 Å². The third-order valence-electron chi connectivity index (χ3n) is 3.36. The van der Waals surface area contributed by atoms with Crippen molar-refractivity contribution in [3.05, 3.63) is 35.9 Å². The summed E-state index contributed by atoms with van der Waals surface area (Å²) in [6.45, 7) is 0.644. The van der Waals surface area contributed by atoms with E-state index in [1.165, 1.54) is 0 Å². The standard InChI is InChI=1S/C14H18N2O2/c15-13(9-11-5-2-1-3-6-11)14(18)16-8-4-7-12(16)10-17/h1-3,5-6,10,12-13H,4,7-9,15H2. The molecule has 1 heterocycles. The van der Waals surface area contributed by atoms with Crippen LogP contribution in [0.1, 0.15) is 18.4 Å². The largest absolute Gasteiger partial charge is 0.332 e. The summed E-state index contributed by atoms with van der Waals surface area (Å²) < 4.78 is 0. The number of nitrogens with zero attached hydrogens (tertiary/aromatic N) is 1. The summed E-state index contributed by atoms with van der Waals surface area (Å²) in [4.78, 5) is 24.6. The number of benzene rings is 1. The first-order valence-corrected chi connectivity index (χ1v) is 6.27. The summed E-state index contributed by atoms with van der Waals surface area (Å²) in [6.07, 6.45) is 3.00. The zero-order valence-corrected chi connectivity index (χ0v) is 10.3. The first-order chi connectivity index (χ1) is 8.72. The lowest BCUT2D eigenvalue weighted by molar-refractivity contribution is -0.135. The smallest absolute Gasteiger partial charge is 0.240 e. The van der Waals surface area contributed by atoms with Crippen molar-refractivity contribution in [2.45, 2.75) is 31.3 Å². The van der Waals surface area contributed by atoms with Crippen molar-refractivity contribution in [1.29, 1.82) is 0 Å². The molecular formula is C14H18N2O2. The van der Waals surface area contributed by atoms with Crippen LogP contribution in [0.4, 0.5) is 0 Å². The third-order valence-corrected chi connectivity index (χ3v) is 3.36. The van der Waals surface area contributed by atoms with E-state index in [2.05, 4.69) is 0 Å². The van der Waals surface area contributed by atoms with E-state index in [9.17, 15) is 9.59 Å². The van der Waals surface area contributed by atoms with Crippen LogP contribution in [0.2, 0.25) is 0 Å². The van der Waals surface area contributed by atoms with Crippen molar-refractivity contribution < 1.29 is 9.59 Å². The number of carbonyl (C=O) groups is 2. The van der Waals surface area contributed by atoms with Gasteiger partial charge in [0.25, 0.3) is 0 Å². The molecule has 0 bridgehead atoms. The van der Waals surface area contributed by atoms with Crippen molar-refractivity contribution >= 4 is 12.2 Å². The number of rotatable bonds is 4. The Balaban J connectivity index is 1.98. The maximum Gasteiger partial charge on any atom is 0.240 e. The maximum atomic E-state index is 12.2. The van der Waals surface area contributed by atoms with Crippen LogP contribution in [0.5, 0.6) is 0 Å². The minimum absolute atomic E-state index is 0.117. The summed E-state index contributed by atoms with van der Waals surface area (Å²) >= 11 is 0. The van der Waals surface area contributed by atoms with Crippen LogP contribution in [0.15, 0.2) is 30.3 Å². The fraction of sp³-hybridized carbons (Fsp3) is 0.429. The van der Waals surface area contributed by atoms with E-state index in [1.807, 2.05) is 30.3 Å². The molecule has 1 aliphatic heterocycles. The zero-order chi connectivity index (χ0) is 13.0. The molecule has 4 nitrogen and oxygen atoms in total. The van der Waals surface area contributed by atoms with Crippen LogP contribution in [0.3, 0.4) is 0 Å². The molecule has 18 heavy (non-hydrogen) atoms. The lowest BCUT2D eigenvalue weighted by Gasteiger charge is -2.24. The van der Waals surface area contributed by atoms with Crippen molar-refractivity contribution in [1.82, 2.24) is 4.90 Å². The molecular weight excluding hydrogens is 228 g/mol. The molecule has 2 N–H and O–H groups in total. The van der Waals surface area contributed by atoms with Gasteiger partial charge in [0.15, 0.2) is 0 Å². The van der Waals surface area contributed by atoms with E-state index in [1.54, 1.807) is 4.90 Å². The third kappa shape index (κ3) is 2.76. The highest BCUT2D eigenvalue weighted by atomic mass is 16.2. The van der Waals surface area contributed by atoms with Gasteiger partial charge >= 0.3 is 0 Å². The minimum Gasteiger partial charge on any atom is -0.332 e. The summed E-state index contributed by atoms with van der Waals surface area (Å²) in [6, 6.07) is 8.85. The highest BCUT2D eigenvalue weighted by Crippen LogP contribution is 2.17. The second kappa shape index (κ2) is 5.78. The highest BCUT2D eigenvalue weighted by molar-refractivity contribution is 5.85.